The summed E-state index contributed by atoms with van der Waals surface area (Å²) in [5, 5.41) is 0. The number of carbonyl (C=O) groups is 1. The van der Waals surface area contributed by atoms with Gasteiger partial charge in [0.2, 0.25) is 12.7 Å². The standard InChI is InChI=1S/C18H18N4O3/c23-17-8-18(3-6-21(10-18)16-9-19-4-5-20-16)11-22(17)13-1-2-14-15(7-13)25-12-24-14/h1-2,4-5,7,9H,3,6,8,10-12H2. The Morgan fingerprint density at radius 3 is 2.92 bits per heavy atom. The third kappa shape index (κ3) is 2.38. The van der Waals surface area contributed by atoms with Gasteiger partial charge in [0.15, 0.2) is 11.5 Å². The van der Waals surface area contributed by atoms with Crippen molar-refractivity contribution < 1.29 is 14.3 Å². The van der Waals surface area contributed by atoms with Crippen molar-refractivity contribution in [3.63, 3.8) is 0 Å². The van der Waals surface area contributed by atoms with Crippen LogP contribution in [0.1, 0.15) is 12.8 Å². The van der Waals surface area contributed by atoms with Gasteiger partial charge in [0, 0.05) is 55.6 Å². The van der Waals surface area contributed by atoms with E-state index in [-0.39, 0.29) is 18.1 Å². The molecule has 0 saturated carbocycles. The Labute approximate surface area is 145 Å². The molecule has 1 aromatic heterocycles. The molecule has 2 aromatic rings. The molecule has 4 heterocycles. The zero-order chi connectivity index (χ0) is 16.9. The van der Waals surface area contributed by atoms with Crippen molar-refractivity contribution in [1.82, 2.24) is 9.97 Å². The third-order valence-electron chi connectivity index (χ3n) is 5.30. The lowest BCUT2D eigenvalue weighted by Crippen LogP contribution is -2.31. The lowest BCUT2D eigenvalue weighted by atomic mass is 9.86. The third-order valence-corrected chi connectivity index (χ3v) is 5.30. The number of ether oxygens (including phenoxy) is 2. The molecule has 7 heteroatoms. The zero-order valence-corrected chi connectivity index (χ0v) is 13.7. The Morgan fingerprint density at radius 1 is 1.12 bits per heavy atom. The van der Waals surface area contributed by atoms with E-state index in [1.165, 1.54) is 0 Å². The second kappa shape index (κ2) is 5.34. The average molecular weight is 338 g/mol. The van der Waals surface area contributed by atoms with E-state index >= 15 is 0 Å². The second-order valence-corrected chi connectivity index (χ2v) is 6.93. The number of nitrogens with zero attached hydrogens (tertiary/aromatic N) is 4. The lowest BCUT2D eigenvalue weighted by Gasteiger charge is -2.24. The van der Waals surface area contributed by atoms with E-state index in [0.717, 1.165) is 43.3 Å². The highest BCUT2D eigenvalue weighted by atomic mass is 16.7. The molecule has 0 N–H and O–H groups in total. The summed E-state index contributed by atoms with van der Waals surface area (Å²) in [6.07, 6.45) is 6.72. The summed E-state index contributed by atoms with van der Waals surface area (Å²) >= 11 is 0. The molecule has 2 fully saturated rings. The topological polar surface area (TPSA) is 67.8 Å². The van der Waals surface area contributed by atoms with Gasteiger partial charge >= 0.3 is 0 Å². The molecule has 0 radical (unpaired) electrons. The first-order chi connectivity index (χ1) is 12.2. The minimum atomic E-state index is -0.0228. The molecule has 3 aliphatic rings. The minimum absolute atomic E-state index is 0.0228. The highest BCUT2D eigenvalue weighted by Crippen LogP contribution is 2.44. The fourth-order valence-electron chi connectivity index (χ4n) is 4.04. The van der Waals surface area contributed by atoms with Gasteiger partial charge in [0.1, 0.15) is 5.82 Å². The SMILES string of the molecule is O=C1CC2(CCN(c3cnccn3)C2)CN1c1ccc2c(c1)OCO2. The molecule has 1 spiro atoms. The molecule has 25 heavy (non-hydrogen) atoms. The van der Waals surface area contributed by atoms with Crippen LogP contribution in [0.15, 0.2) is 36.8 Å². The van der Waals surface area contributed by atoms with Crippen molar-refractivity contribution in [3.8, 4) is 11.5 Å². The van der Waals surface area contributed by atoms with Crippen LogP contribution >= 0.6 is 0 Å². The fourth-order valence-corrected chi connectivity index (χ4v) is 4.04. The molecule has 1 unspecified atom stereocenters. The van der Waals surface area contributed by atoms with E-state index < -0.39 is 0 Å². The predicted octanol–water partition coefficient (Wildman–Crippen LogP) is 1.84. The minimum Gasteiger partial charge on any atom is -0.454 e. The van der Waals surface area contributed by atoms with Crippen LogP contribution < -0.4 is 19.3 Å². The smallest absolute Gasteiger partial charge is 0.231 e. The maximum atomic E-state index is 12.7. The van der Waals surface area contributed by atoms with Gasteiger partial charge in [-0.25, -0.2) is 4.98 Å². The van der Waals surface area contributed by atoms with Gasteiger partial charge in [-0.3, -0.25) is 9.78 Å². The molecule has 2 saturated heterocycles. The summed E-state index contributed by atoms with van der Waals surface area (Å²) in [6.45, 7) is 2.70. The van der Waals surface area contributed by atoms with Crippen LogP contribution in [0.5, 0.6) is 11.5 Å². The summed E-state index contributed by atoms with van der Waals surface area (Å²) in [6, 6.07) is 5.70. The fraction of sp³-hybridized carbons (Fsp3) is 0.389. The quantitative estimate of drug-likeness (QED) is 0.832. The lowest BCUT2D eigenvalue weighted by molar-refractivity contribution is -0.117. The highest BCUT2D eigenvalue weighted by molar-refractivity contribution is 5.97. The first kappa shape index (κ1) is 14.5. The largest absolute Gasteiger partial charge is 0.454 e. The Kier molecular flexibility index (Phi) is 3.10. The Hall–Kier alpha value is -2.83. The van der Waals surface area contributed by atoms with Crippen molar-refractivity contribution in [3.05, 3.63) is 36.8 Å². The van der Waals surface area contributed by atoms with E-state index in [2.05, 4.69) is 14.9 Å². The normalized spacial score (nSPS) is 24.6. The monoisotopic (exact) mass is 338 g/mol. The first-order valence-electron chi connectivity index (χ1n) is 8.44. The Bertz CT molecular complexity index is 828. The van der Waals surface area contributed by atoms with Gasteiger partial charge in [-0.2, -0.15) is 0 Å². The summed E-state index contributed by atoms with van der Waals surface area (Å²) in [5.41, 5.74) is 0.856. The van der Waals surface area contributed by atoms with Crippen LogP contribution in [0, 0.1) is 5.41 Å². The van der Waals surface area contributed by atoms with Crippen LogP contribution in [0.4, 0.5) is 11.5 Å². The second-order valence-electron chi connectivity index (χ2n) is 6.93. The van der Waals surface area contributed by atoms with E-state index in [9.17, 15) is 4.79 Å². The van der Waals surface area contributed by atoms with Gasteiger partial charge in [0.25, 0.3) is 0 Å². The van der Waals surface area contributed by atoms with Crippen molar-refractivity contribution >= 4 is 17.4 Å². The molecule has 128 valence electrons. The Morgan fingerprint density at radius 2 is 2.04 bits per heavy atom. The summed E-state index contributed by atoms with van der Waals surface area (Å²) in [4.78, 5) is 25.3. The summed E-state index contributed by atoms with van der Waals surface area (Å²) in [5.74, 6) is 2.49. The molecular formula is C18H18N4O3. The molecule has 5 rings (SSSR count). The number of hydrogen-bond donors (Lipinski definition) is 0. The number of aromatic nitrogens is 2. The van der Waals surface area contributed by atoms with Crippen LogP contribution in [0.25, 0.3) is 0 Å². The van der Waals surface area contributed by atoms with E-state index in [0.29, 0.717) is 12.2 Å². The van der Waals surface area contributed by atoms with Gasteiger partial charge in [-0.05, 0) is 18.6 Å². The van der Waals surface area contributed by atoms with Crippen LogP contribution in [0.3, 0.4) is 0 Å². The van der Waals surface area contributed by atoms with E-state index in [1.807, 2.05) is 23.1 Å². The number of anilines is 2. The summed E-state index contributed by atoms with van der Waals surface area (Å²) in [7, 11) is 0. The van der Waals surface area contributed by atoms with Crippen LogP contribution in [-0.4, -0.2) is 42.3 Å². The van der Waals surface area contributed by atoms with Gasteiger partial charge in [-0.15, -0.1) is 0 Å². The predicted molar refractivity (Wildman–Crippen MR) is 90.8 cm³/mol. The van der Waals surface area contributed by atoms with E-state index in [1.54, 1.807) is 18.6 Å². The van der Waals surface area contributed by atoms with Crippen LogP contribution in [-0.2, 0) is 4.79 Å². The van der Waals surface area contributed by atoms with Crippen molar-refractivity contribution in [2.45, 2.75) is 12.8 Å². The molecule has 7 nitrogen and oxygen atoms in total. The van der Waals surface area contributed by atoms with E-state index in [4.69, 9.17) is 9.47 Å². The molecular weight excluding hydrogens is 320 g/mol. The van der Waals surface area contributed by atoms with Crippen LogP contribution in [0.2, 0.25) is 0 Å². The number of fused-ring (bicyclic) bond motifs is 1. The number of benzene rings is 1. The molecule has 3 aliphatic heterocycles. The number of hydrogen-bond acceptors (Lipinski definition) is 6. The number of rotatable bonds is 2. The van der Waals surface area contributed by atoms with Gasteiger partial charge in [0.05, 0.1) is 6.20 Å². The molecule has 0 aliphatic carbocycles. The molecule has 0 bridgehead atoms. The maximum Gasteiger partial charge on any atom is 0.231 e. The van der Waals surface area contributed by atoms with Gasteiger partial charge in [-0.1, -0.05) is 0 Å². The molecule has 1 aromatic carbocycles. The summed E-state index contributed by atoms with van der Waals surface area (Å²) < 4.78 is 10.8. The Balaban J connectivity index is 1.37. The maximum absolute atomic E-state index is 12.7. The van der Waals surface area contributed by atoms with Gasteiger partial charge < -0.3 is 19.3 Å². The first-order valence-corrected chi connectivity index (χ1v) is 8.44. The number of amides is 1. The van der Waals surface area contributed by atoms with Crippen molar-refractivity contribution in [2.75, 3.05) is 36.2 Å². The molecule has 1 atom stereocenters. The number of carbonyl (C=O) groups excluding carboxylic acids is 1. The molecule has 1 amide bonds. The van der Waals surface area contributed by atoms with Crippen molar-refractivity contribution in [1.29, 1.82) is 0 Å². The van der Waals surface area contributed by atoms with Crippen molar-refractivity contribution in [2.24, 2.45) is 5.41 Å². The highest BCUT2D eigenvalue weighted by Gasteiger charge is 2.48. The zero-order valence-electron chi connectivity index (χ0n) is 13.7. The average Bonchev–Trinajstić information content (AvgIpc) is 3.34.